The van der Waals surface area contributed by atoms with E-state index in [-0.39, 0.29) is 6.04 Å². The van der Waals surface area contributed by atoms with E-state index in [4.69, 9.17) is 5.11 Å². The first kappa shape index (κ1) is 11.1. The first-order chi connectivity index (χ1) is 7.68. The number of nitrogens with zero attached hydrogens (tertiary/aromatic N) is 1. The molecule has 86 valence electrons. The fourth-order valence-electron chi connectivity index (χ4n) is 2.06. The molecule has 1 fully saturated rings. The molecule has 1 heterocycles. The highest BCUT2D eigenvalue weighted by Gasteiger charge is 2.20. The summed E-state index contributed by atoms with van der Waals surface area (Å²) in [4.78, 5) is 13.1. The van der Waals surface area contributed by atoms with Crippen LogP contribution < -0.4 is 5.32 Å². The van der Waals surface area contributed by atoms with E-state index in [1.54, 1.807) is 18.2 Å². The van der Waals surface area contributed by atoms with Crippen LogP contribution in [-0.2, 0) is 0 Å². The Bertz CT molecular complexity index is 392. The Morgan fingerprint density at radius 1 is 1.56 bits per heavy atom. The molecular formula is C12H16N2O2. The normalized spacial score (nSPS) is 21.9. The van der Waals surface area contributed by atoms with Crippen LogP contribution in [-0.4, -0.2) is 42.7 Å². The minimum atomic E-state index is -0.867. The highest BCUT2D eigenvalue weighted by molar-refractivity contribution is 5.87. The monoisotopic (exact) mass is 220 g/mol. The third-order valence-corrected chi connectivity index (χ3v) is 3.03. The number of hydrogen-bond acceptors (Lipinski definition) is 3. The molecule has 0 amide bonds. The van der Waals surface area contributed by atoms with Crippen LogP contribution in [0.2, 0.25) is 0 Å². The van der Waals surface area contributed by atoms with Crippen molar-refractivity contribution in [2.24, 2.45) is 0 Å². The Morgan fingerprint density at radius 3 is 3.06 bits per heavy atom. The van der Waals surface area contributed by atoms with Crippen molar-refractivity contribution >= 4 is 5.97 Å². The van der Waals surface area contributed by atoms with E-state index in [0.29, 0.717) is 5.56 Å². The smallest absolute Gasteiger partial charge is 0.335 e. The molecule has 4 nitrogen and oxygen atoms in total. The molecule has 0 saturated carbocycles. The van der Waals surface area contributed by atoms with Gasteiger partial charge >= 0.3 is 5.97 Å². The third-order valence-electron chi connectivity index (χ3n) is 3.03. The Kier molecular flexibility index (Phi) is 3.22. The number of aromatic carboxylic acids is 1. The maximum atomic E-state index is 10.9. The lowest BCUT2D eigenvalue weighted by Gasteiger charge is -2.33. The lowest BCUT2D eigenvalue weighted by atomic mass is 10.0. The maximum absolute atomic E-state index is 10.9. The van der Waals surface area contributed by atoms with Crippen molar-refractivity contribution in [2.75, 3.05) is 26.7 Å². The predicted octanol–water partition coefficient (Wildman–Crippen LogP) is 0.961. The fourth-order valence-corrected chi connectivity index (χ4v) is 2.06. The van der Waals surface area contributed by atoms with Crippen LogP contribution in [0.15, 0.2) is 24.3 Å². The van der Waals surface area contributed by atoms with Gasteiger partial charge in [-0.05, 0) is 24.7 Å². The van der Waals surface area contributed by atoms with Crippen LogP contribution >= 0.6 is 0 Å². The summed E-state index contributed by atoms with van der Waals surface area (Å²) >= 11 is 0. The zero-order chi connectivity index (χ0) is 11.5. The van der Waals surface area contributed by atoms with E-state index < -0.39 is 5.97 Å². The highest BCUT2D eigenvalue weighted by atomic mass is 16.4. The van der Waals surface area contributed by atoms with Crippen molar-refractivity contribution in [3.8, 4) is 0 Å². The highest BCUT2D eigenvalue weighted by Crippen LogP contribution is 2.21. The summed E-state index contributed by atoms with van der Waals surface area (Å²) in [6.07, 6.45) is 0. The molecule has 0 spiro atoms. The minimum absolute atomic E-state index is 0.271. The van der Waals surface area contributed by atoms with Gasteiger partial charge in [0.2, 0.25) is 0 Å². The van der Waals surface area contributed by atoms with Gasteiger partial charge in [-0.15, -0.1) is 0 Å². The topological polar surface area (TPSA) is 52.6 Å². The second-order valence-corrected chi connectivity index (χ2v) is 4.13. The minimum Gasteiger partial charge on any atom is -0.478 e. The average molecular weight is 220 g/mol. The second kappa shape index (κ2) is 4.63. The van der Waals surface area contributed by atoms with E-state index in [0.717, 1.165) is 25.2 Å². The lowest BCUT2D eigenvalue weighted by Crippen LogP contribution is -2.43. The second-order valence-electron chi connectivity index (χ2n) is 4.13. The molecule has 1 aromatic carbocycles. The van der Waals surface area contributed by atoms with Gasteiger partial charge in [-0.25, -0.2) is 4.79 Å². The van der Waals surface area contributed by atoms with Gasteiger partial charge in [0, 0.05) is 25.7 Å². The van der Waals surface area contributed by atoms with E-state index in [1.807, 2.05) is 6.07 Å². The Morgan fingerprint density at radius 2 is 2.38 bits per heavy atom. The first-order valence-electron chi connectivity index (χ1n) is 5.42. The van der Waals surface area contributed by atoms with E-state index in [9.17, 15) is 4.79 Å². The van der Waals surface area contributed by atoms with E-state index >= 15 is 0 Å². The van der Waals surface area contributed by atoms with Crippen molar-refractivity contribution in [1.82, 2.24) is 10.2 Å². The predicted molar refractivity (Wildman–Crippen MR) is 61.6 cm³/mol. The fraction of sp³-hybridized carbons (Fsp3) is 0.417. The molecule has 0 aromatic heterocycles. The van der Waals surface area contributed by atoms with Gasteiger partial charge in [0.25, 0.3) is 0 Å². The largest absolute Gasteiger partial charge is 0.478 e. The summed E-state index contributed by atoms with van der Waals surface area (Å²) < 4.78 is 0. The maximum Gasteiger partial charge on any atom is 0.335 e. The Labute approximate surface area is 94.9 Å². The molecule has 1 aliphatic rings. The molecule has 0 bridgehead atoms. The number of hydrogen-bond donors (Lipinski definition) is 2. The van der Waals surface area contributed by atoms with Gasteiger partial charge in [-0.1, -0.05) is 12.1 Å². The summed E-state index contributed by atoms with van der Waals surface area (Å²) in [5.41, 5.74) is 1.42. The summed E-state index contributed by atoms with van der Waals surface area (Å²) in [5.74, 6) is -0.867. The molecule has 2 N–H and O–H groups in total. The van der Waals surface area contributed by atoms with Crippen molar-refractivity contribution < 1.29 is 9.90 Å². The van der Waals surface area contributed by atoms with Gasteiger partial charge in [0.05, 0.1) is 5.56 Å². The number of benzene rings is 1. The molecule has 1 aromatic rings. The SMILES string of the molecule is CN1CCNC[C@H]1c1cccc(C(=O)O)c1. The number of likely N-dealkylation sites (N-methyl/N-ethyl adjacent to an activating group) is 1. The molecule has 1 aliphatic heterocycles. The van der Waals surface area contributed by atoms with E-state index in [1.165, 1.54) is 0 Å². The van der Waals surface area contributed by atoms with Crippen LogP contribution in [0.5, 0.6) is 0 Å². The number of carboxylic acids is 1. The number of piperazine rings is 1. The van der Waals surface area contributed by atoms with Crippen molar-refractivity contribution in [3.63, 3.8) is 0 Å². The van der Waals surface area contributed by atoms with Crippen LogP contribution in [0.3, 0.4) is 0 Å². The zero-order valence-electron chi connectivity index (χ0n) is 9.31. The quantitative estimate of drug-likeness (QED) is 0.779. The zero-order valence-corrected chi connectivity index (χ0v) is 9.31. The van der Waals surface area contributed by atoms with Crippen molar-refractivity contribution in [3.05, 3.63) is 35.4 Å². The Hall–Kier alpha value is -1.39. The van der Waals surface area contributed by atoms with Crippen LogP contribution in [0.25, 0.3) is 0 Å². The summed E-state index contributed by atoms with van der Waals surface area (Å²) in [6, 6.07) is 7.45. The Balaban J connectivity index is 2.25. The number of carboxylic acid groups (broad SMARTS) is 1. The van der Waals surface area contributed by atoms with Gasteiger partial charge in [-0.3, -0.25) is 4.90 Å². The van der Waals surface area contributed by atoms with Crippen LogP contribution in [0.1, 0.15) is 22.0 Å². The van der Waals surface area contributed by atoms with Gasteiger partial charge < -0.3 is 10.4 Å². The van der Waals surface area contributed by atoms with Crippen molar-refractivity contribution in [1.29, 1.82) is 0 Å². The molecule has 0 radical (unpaired) electrons. The van der Waals surface area contributed by atoms with E-state index in [2.05, 4.69) is 17.3 Å². The lowest BCUT2D eigenvalue weighted by molar-refractivity contribution is 0.0696. The first-order valence-corrected chi connectivity index (χ1v) is 5.42. The van der Waals surface area contributed by atoms with Crippen LogP contribution in [0.4, 0.5) is 0 Å². The average Bonchev–Trinajstić information content (AvgIpc) is 2.30. The molecule has 0 unspecified atom stereocenters. The molecule has 1 saturated heterocycles. The summed E-state index contributed by atoms with van der Waals surface area (Å²) in [5, 5.41) is 12.3. The summed E-state index contributed by atoms with van der Waals surface area (Å²) in [7, 11) is 2.07. The standard InChI is InChI=1S/C12H16N2O2/c1-14-6-5-13-8-11(14)9-3-2-4-10(7-9)12(15)16/h2-4,7,11,13H,5-6,8H2,1H3,(H,15,16)/t11-/m0/s1. The molecule has 16 heavy (non-hydrogen) atoms. The van der Waals surface area contributed by atoms with Gasteiger partial charge in [0.15, 0.2) is 0 Å². The summed E-state index contributed by atoms with van der Waals surface area (Å²) in [6.45, 7) is 2.85. The van der Waals surface area contributed by atoms with Crippen LogP contribution in [0, 0.1) is 0 Å². The molecule has 4 heteroatoms. The number of rotatable bonds is 2. The molecular weight excluding hydrogens is 204 g/mol. The van der Waals surface area contributed by atoms with Gasteiger partial charge in [0.1, 0.15) is 0 Å². The van der Waals surface area contributed by atoms with Crippen molar-refractivity contribution in [2.45, 2.75) is 6.04 Å². The molecule has 1 atom stereocenters. The molecule has 0 aliphatic carbocycles. The third kappa shape index (κ3) is 2.23. The number of carbonyl (C=O) groups is 1. The van der Waals surface area contributed by atoms with Gasteiger partial charge in [-0.2, -0.15) is 0 Å². The molecule has 2 rings (SSSR count). The number of nitrogens with one attached hydrogen (secondary N) is 1.